The molecule has 100 valence electrons. The van der Waals surface area contributed by atoms with Gasteiger partial charge in [-0.1, -0.05) is 0 Å². The molecular weight excluding hydrogens is 234 g/mol. The maximum absolute atomic E-state index is 10.8. The second-order valence-electron chi connectivity index (χ2n) is 3.98. The van der Waals surface area contributed by atoms with Gasteiger partial charge in [-0.05, 0) is 13.8 Å². The van der Waals surface area contributed by atoms with Crippen LogP contribution in [0.25, 0.3) is 0 Å². The first-order valence-electron chi connectivity index (χ1n) is 5.84. The van der Waals surface area contributed by atoms with E-state index in [1.54, 1.807) is 13.0 Å². The molecule has 1 unspecified atom stereocenters. The summed E-state index contributed by atoms with van der Waals surface area (Å²) in [6.45, 7) is 5.79. The van der Waals surface area contributed by atoms with Crippen molar-refractivity contribution in [3.63, 3.8) is 0 Å². The molecule has 4 N–H and O–H groups in total. The molecule has 1 amide bonds. The number of nitrogens with one attached hydrogen (secondary N) is 3. The van der Waals surface area contributed by atoms with Gasteiger partial charge < -0.3 is 10.4 Å². The molecule has 0 aromatic carbocycles. The van der Waals surface area contributed by atoms with E-state index in [0.717, 1.165) is 12.2 Å². The summed E-state index contributed by atoms with van der Waals surface area (Å²) in [5.74, 6) is 0.227. The van der Waals surface area contributed by atoms with Crippen LogP contribution < -0.4 is 16.2 Å². The maximum Gasteiger partial charge on any atom is 0.235 e. The van der Waals surface area contributed by atoms with E-state index in [1.165, 1.54) is 6.92 Å². The minimum absolute atomic E-state index is 0.213. The van der Waals surface area contributed by atoms with Crippen LogP contribution in [0.5, 0.6) is 0 Å². The molecule has 0 aliphatic carbocycles. The van der Waals surface area contributed by atoms with E-state index >= 15 is 0 Å². The standard InChI is InChI=1S/C11H19N5O2/c1-4-12-9-6-11(15-13-8(3)18)16-14-10(9)5-7(2)17/h6-7,17H,4-5H2,1-3H3,(H,13,18)(H2,12,15,16). The van der Waals surface area contributed by atoms with Gasteiger partial charge in [0.1, 0.15) is 0 Å². The van der Waals surface area contributed by atoms with Crippen LogP contribution in [0.3, 0.4) is 0 Å². The summed E-state index contributed by atoms with van der Waals surface area (Å²) in [4.78, 5) is 10.8. The third-order valence-corrected chi connectivity index (χ3v) is 2.09. The van der Waals surface area contributed by atoms with E-state index in [0.29, 0.717) is 17.9 Å². The molecule has 7 nitrogen and oxygen atoms in total. The molecule has 0 saturated carbocycles. The molecule has 0 radical (unpaired) electrons. The van der Waals surface area contributed by atoms with E-state index in [1.807, 2.05) is 6.92 Å². The van der Waals surface area contributed by atoms with Crippen LogP contribution in [-0.4, -0.2) is 33.9 Å². The summed E-state index contributed by atoms with van der Waals surface area (Å²) in [5, 5.41) is 20.5. The Kier molecular flexibility index (Phi) is 5.31. The number of anilines is 2. The minimum Gasteiger partial charge on any atom is -0.393 e. The lowest BCUT2D eigenvalue weighted by molar-refractivity contribution is -0.118. The molecule has 1 heterocycles. The Labute approximate surface area is 106 Å². The number of hydrogen-bond donors (Lipinski definition) is 4. The molecule has 1 aromatic heterocycles. The number of hydrogen-bond acceptors (Lipinski definition) is 6. The van der Waals surface area contributed by atoms with Gasteiger partial charge in [-0.3, -0.25) is 15.6 Å². The van der Waals surface area contributed by atoms with Crippen LogP contribution in [0.1, 0.15) is 26.5 Å². The van der Waals surface area contributed by atoms with Crippen LogP contribution in [0.2, 0.25) is 0 Å². The van der Waals surface area contributed by atoms with Crippen molar-refractivity contribution in [2.24, 2.45) is 0 Å². The first kappa shape index (κ1) is 14.2. The number of aromatic nitrogens is 2. The van der Waals surface area contributed by atoms with Crippen molar-refractivity contribution in [2.75, 3.05) is 17.3 Å². The monoisotopic (exact) mass is 253 g/mol. The van der Waals surface area contributed by atoms with Gasteiger partial charge in [-0.2, -0.15) is 5.10 Å². The van der Waals surface area contributed by atoms with Gasteiger partial charge in [0.2, 0.25) is 5.91 Å². The van der Waals surface area contributed by atoms with Crippen molar-refractivity contribution in [2.45, 2.75) is 33.3 Å². The molecule has 0 spiro atoms. The Morgan fingerprint density at radius 1 is 1.50 bits per heavy atom. The number of aliphatic hydroxyl groups excluding tert-OH is 1. The van der Waals surface area contributed by atoms with Gasteiger partial charge in [-0.25, -0.2) is 0 Å². The second kappa shape index (κ2) is 6.75. The van der Waals surface area contributed by atoms with Crippen molar-refractivity contribution >= 4 is 17.4 Å². The van der Waals surface area contributed by atoms with Gasteiger partial charge in [0.15, 0.2) is 5.82 Å². The largest absolute Gasteiger partial charge is 0.393 e. The summed E-state index contributed by atoms with van der Waals surface area (Å²) in [5.41, 5.74) is 6.56. The van der Waals surface area contributed by atoms with E-state index < -0.39 is 6.10 Å². The Morgan fingerprint density at radius 2 is 2.22 bits per heavy atom. The molecule has 7 heteroatoms. The number of nitrogens with zero attached hydrogens (tertiary/aromatic N) is 2. The highest BCUT2D eigenvalue weighted by Crippen LogP contribution is 2.17. The first-order valence-corrected chi connectivity index (χ1v) is 5.84. The van der Waals surface area contributed by atoms with E-state index in [2.05, 4.69) is 26.4 Å². The smallest absolute Gasteiger partial charge is 0.235 e. The molecule has 0 aliphatic heterocycles. The number of hydrazine groups is 1. The van der Waals surface area contributed by atoms with E-state index in [-0.39, 0.29) is 5.91 Å². The predicted octanol–water partition coefficient (Wildman–Crippen LogP) is 0.295. The summed E-state index contributed by atoms with van der Waals surface area (Å²) < 4.78 is 0. The lowest BCUT2D eigenvalue weighted by Gasteiger charge is -2.12. The highest BCUT2D eigenvalue weighted by atomic mass is 16.3. The quantitative estimate of drug-likeness (QED) is 0.544. The van der Waals surface area contributed by atoms with Crippen molar-refractivity contribution in [3.05, 3.63) is 11.8 Å². The third kappa shape index (κ3) is 4.54. The number of carbonyl (C=O) groups is 1. The maximum atomic E-state index is 10.8. The van der Waals surface area contributed by atoms with Crippen LogP contribution in [-0.2, 0) is 11.2 Å². The van der Waals surface area contributed by atoms with Gasteiger partial charge in [0, 0.05) is 26.0 Å². The molecule has 1 atom stereocenters. The third-order valence-electron chi connectivity index (χ3n) is 2.09. The summed E-state index contributed by atoms with van der Waals surface area (Å²) >= 11 is 0. The molecule has 18 heavy (non-hydrogen) atoms. The van der Waals surface area contributed by atoms with Crippen molar-refractivity contribution in [1.29, 1.82) is 0 Å². The zero-order chi connectivity index (χ0) is 13.5. The van der Waals surface area contributed by atoms with Gasteiger partial charge in [-0.15, -0.1) is 5.10 Å². The molecule has 0 saturated heterocycles. The Balaban J connectivity index is 2.84. The predicted molar refractivity (Wildman–Crippen MR) is 69.0 cm³/mol. The molecule has 0 bridgehead atoms. The van der Waals surface area contributed by atoms with E-state index in [4.69, 9.17) is 0 Å². The average molecular weight is 253 g/mol. The highest BCUT2D eigenvalue weighted by molar-refractivity contribution is 5.74. The van der Waals surface area contributed by atoms with Gasteiger partial charge in [0.05, 0.1) is 17.5 Å². The van der Waals surface area contributed by atoms with Crippen molar-refractivity contribution < 1.29 is 9.90 Å². The second-order valence-corrected chi connectivity index (χ2v) is 3.98. The fourth-order valence-electron chi connectivity index (χ4n) is 1.40. The fraction of sp³-hybridized carbons (Fsp3) is 0.545. The first-order chi connectivity index (χ1) is 8.52. The lowest BCUT2D eigenvalue weighted by atomic mass is 10.2. The Morgan fingerprint density at radius 3 is 2.78 bits per heavy atom. The zero-order valence-corrected chi connectivity index (χ0v) is 10.8. The normalized spacial score (nSPS) is 11.8. The molecular formula is C11H19N5O2. The summed E-state index contributed by atoms with van der Waals surface area (Å²) in [7, 11) is 0. The molecule has 0 fully saturated rings. The number of aliphatic hydroxyl groups is 1. The van der Waals surface area contributed by atoms with Crippen molar-refractivity contribution in [1.82, 2.24) is 15.6 Å². The van der Waals surface area contributed by atoms with Crippen LogP contribution in [0, 0.1) is 0 Å². The van der Waals surface area contributed by atoms with Gasteiger partial charge in [0.25, 0.3) is 0 Å². The molecule has 1 rings (SSSR count). The number of amides is 1. The lowest BCUT2D eigenvalue weighted by Crippen LogP contribution is -2.27. The zero-order valence-electron chi connectivity index (χ0n) is 10.8. The SMILES string of the molecule is CCNc1cc(NNC(C)=O)nnc1CC(C)O. The topological polar surface area (TPSA) is 99.2 Å². The van der Waals surface area contributed by atoms with E-state index in [9.17, 15) is 9.90 Å². The molecule has 1 aromatic rings. The fourth-order valence-corrected chi connectivity index (χ4v) is 1.40. The highest BCUT2D eigenvalue weighted by Gasteiger charge is 2.09. The Hall–Kier alpha value is -1.89. The average Bonchev–Trinajstić information content (AvgIpc) is 2.29. The molecule has 0 aliphatic rings. The van der Waals surface area contributed by atoms with Gasteiger partial charge >= 0.3 is 0 Å². The summed E-state index contributed by atoms with van der Waals surface area (Å²) in [6.07, 6.45) is -0.0543. The summed E-state index contributed by atoms with van der Waals surface area (Å²) in [6, 6.07) is 1.74. The van der Waals surface area contributed by atoms with Crippen LogP contribution >= 0.6 is 0 Å². The number of carbonyl (C=O) groups excluding carboxylic acids is 1. The van der Waals surface area contributed by atoms with Crippen molar-refractivity contribution in [3.8, 4) is 0 Å². The Bertz CT molecular complexity index is 408. The minimum atomic E-state index is -0.481. The van der Waals surface area contributed by atoms with Crippen LogP contribution in [0.15, 0.2) is 6.07 Å². The number of rotatable bonds is 6. The van der Waals surface area contributed by atoms with Crippen LogP contribution in [0.4, 0.5) is 11.5 Å².